The SMILES string of the molecule is O=Cc1ccc2c(c1)CC2. The monoisotopic (exact) mass is 132 g/mol. The molecule has 0 atom stereocenters. The molecule has 0 aliphatic heterocycles. The molecule has 0 saturated carbocycles. The lowest BCUT2D eigenvalue weighted by molar-refractivity contribution is 0.112. The number of carbonyl (C=O) groups is 1. The van der Waals surface area contributed by atoms with Crippen LogP contribution in [0, 0.1) is 0 Å². The molecule has 1 nitrogen and oxygen atoms in total. The molecule has 0 aromatic heterocycles. The molecule has 1 aliphatic rings. The number of hydrogen-bond donors (Lipinski definition) is 0. The smallest absolute Gasteiger partial charge is 0.150 e. The normalized spacial score (nSPS) is 13.6. The van der Waals surface area contributed by atoms with Crippen molar-refractivity contribution < 1.29 is 4.79 Å². The fourth-order valence-electron chi connectivity index (χ4n) is 1.29. The van der Waals surface area contributed by atoms with E-state index >= 15 is 0 Å². The predicted octanol–water partition coefficient (Wildman–Crippen LogP) is 1.60. The van der Waals surface area contributed by atoms with Crippen LogP contribution in [0.4, 0.5) is 0 Å². The van der Waals surface area contributed by atoms with Crippen LogP contribution in [0.15, 0.2) is 18.2 Å². The van der Waals surface area contributed by atoms with E-state index in [2.05, 4.69) is 0 Å². The zero-order chi connectivity index (χ0) is 6.97. The third-order valence-corrected chi connectivity index (χ3v) is 2.03. The van der Waals surface area contributed by atoms with E-state index in [-0.39, 0.29) is 0 Å². The van der Waals surface area contributed by atoms with Gasteiger partial charge in [0.1, 0.15) is 6.29 Å². The van der Waals surface area contributed by atoms with Crippen molar-refractivity contribution in [2.45, 2.75) is 12.8 Å². The first kappa shape index (κ1) is 5.66. The summed E-state index contributed by atoms with van der Waals surface area (Å²) in [6.07, 6.45) is 3.24. The Balaban J connectivity index is 2.51. The minimum absolute atomic E-state index is 0.804. The van der Waals surface area contributed by atoms with Crippen LogP contribution in [0.25, 0.3) is 0 Å². The molecule has 50 valence electrons. The van der Waals surface area contributed by atoms with Crippen LogP contribution < -0.4 is 0 Å². The summed E-state index contributed by atoms with van der Waals surface area (Å²) in [7, 11) is 0. The fraction of sp³-hybridized carbons (Fsp3) is 0.222. The van der Waals surface area contributed by atoms with Gasteiger partial charge in [0.05, 0.1) is 0 Å². The van der Waals surface area contributed by atoms with E-state index in [1.54, 1.807) is 0 Å². The average Bonchev–Trinajstić information content (AvgIpc) is 1.92. The molecule has 0 radical (unpaired) electrons. The first-order valence-electron chi connectivity index (χ1n) is 3.47. The Morgan fingerprint density at radius 1 is 1.20 bits per heavy atom. The van der Waals surface area contributed by atoms with Crippen LogP contribution >= 0.6 is 0 Å². The van der Waals surface area contributed by atoms with Gasteiger partial charge in [0.25, 0.3) is 0 Å². The standard InChI is InChI=1S/C9H8O/c10-6-7-1-2-8-3-4-9(8)5-7/h1-2,5-6H,3-4H2. The van der Waals surface area contributed by atoms with Gasteiger partial charge in [0.15, 0.2) is 0 Å². The number of aldehydes is 1. The topological polar surface area (TPSA) is 17.1 Å². The minimum Gasteiger partial charge on any atom is -0.298 e. The maximum Gasteiger partial charge on any atom is 0.150 e. The average molecular weight is 132 g/mol. The number of carbonyl (C=O) groups excluding carboxylic acids is 1. The second-order valence-electron chi connectivity index (χ2n) is 2.65. The highest BCUT2D eigenvalue weighted by Gasteiger charge is 2.11. The highest BCUT2D eigenvalue weighted by molar-refractivity contribution is 5.75. The van der Waals surface area contributed by atoms with Gasteiger partial charge in [-0.2, -0.15) is 0 Å². The predicted molar refractivity (Wildman–Crippen MR) is 39.2 cm³/mol. The Labute approximate surface area is 59.7 Å². The molecule has 0 unspecified atom stereocenters. The number of hydrogen-bond acceptors (Lipinski definition) is 1. The maximum atomic E-state index is 10.3. The molecule has 1 heteroatoms. The minimum atomic E-state index is 0.804. The largest absolute Gasteiger partial charge is 0.298 e. The van der Waals surface area contributed by atoms with Crippen LogP contribution in [0.5, 0.6) is 0 Å². The van der Waals surface area contributed by atoms with Crippen molar-refractivity contribution >= 4 is 6.29 Å². The first-order valence-corrected chi connectivity index (χ1v) is 3.47. The molecule has 10 heavy (non-hydrogen) atoms. The lowest BCUT2D eigenvalue weighted by atomic mass is 9.87. The van der Waals surface area contributed by atoms with E-state index in [9.17, 15) is 4.79 Å². The Morgan fingerprint density at radius 3 is 2.50 bits per heavy atom. The van der Waals surface area contributed by atoms with E-state index in [0.29, 0.717) is 0 Å². The van der Waals surface area contributed by atoms with E-state index in [0.717, 1.165) is 18.3 Å². The van der Waals surface area contributed by atoms with Gasteiger partial charge in [-0.15, -0.1) is 0 Å². The summed E-state index contributed by atoms with van der Waals surface area (Å²) in [4.78, 5) is 10.3. The van der Waals surface area contributed by atoms with Gasteiger partial charge in [-0.1, -0.05) is 12.1 Å². The fourth-order valence-corrected chi connectivity index (χ4v) is 1.29. The molecular weight excluding hydrogens is 124 g/mol. The van der Waals surface area contributed by atoms with Gasteiger partial charge in [0.2, 0.25) is 0 Å². The molecule has 0 bridgehead atoms. The summed E-state index contributed by atoms with van der Waals surface area (Å²) in [5, 5.41) is 0. The van der Waals surface area contributed by atoms with Crippen LogP contribution in [0.1, 0.15) is 21.5 Å². The molecule has 0 amide bonds. The van der Waals surface area contributed by atoms with E-state index < -0.39 is 0 Å². The second kappa shape index (κ2) is 1.94. The van der Waals surface area contributed by atoms with E-state index in [1.807, 2.05) is 18.2 Å². The molecule has 1 aliphatic carbocycles. The number of rotatable bonds is 1. The molecule has 0 saturated heterocycles. The third-order valence-electron chi connectivity index (χ3n) is 2.03. The van der Waals surface area contributed by atoms with Gasteiger partial charge in [-0.25, -0.2) is 0 Å². The van der Waals surface area contributed by atoms with E-state index in [4.69, 9.17) is 0 Å². The highest BCUT2D eigenvalue weighted by Crippen LogP contribution is 2.22. The highest BCUT2D eigenvalue weighted by atomic mass is 16.1. The molecule has 0 heterocycles. The summed E-state index contributed by atoms with van der Waals surface area (Å²) in [6, 6.07) is 5.90. The van der Waals surface area contributed by atoms with Crippen LogP contribution in [0.2, 0.25) is 0 Å². The molecule has 1 aromatic rings. The lowest BCUT2D eigenvalue weighted by Gasteiger charge is -2.17. The van der Waals surface area contributed by atoms with Crippen LogP contribution in [0.3, 0.4) is 0 Å². The van der Waals surface area contributed by atoms with Crippen molar-refractivity contribution in [2.24, 2.45) is 0 Å². The van der Waals surface area contributed by atoms with Crippen molar-refractivity contribution in [3.8, 4) is 0 Å². The van der Waals surface area contributed by atoms with Gasteiger partial charge >= 0.3 is 0 Å². The first-order chi connectivity index (χ1) is 4.90. The summed E-state index contributed by atoms with van der Waals surface area (Å²) in [6.45, 7) is 0. The molecule has 0 fully saturated rings. The van der Waals surface area contributed by atoms with Crippen LogP contribution in [-0.2, 0) is 12.8 Å². The second-order valence-corrected chi connectivity index (χ2v) is 2.65. The number of benzene rings is 1. The van der Waals surface area contributed by atoms with Crippen molar-refractivity contribution in [3.63, 3.8) is 0 Å². The van der Waals surface area contributed by atoms with Crippen molar-refractivity contribution in [1.82, 2.24) is 0 Å². The van der Waals surface area contributed by atoms with Gasteiger partial charge in [-0.3, -0.25) is 4.79 Å². The Kier molecular flexibility index (Phi) is 1.10. The third kappa shape index (κ3) is 0.670. The number of fused-ring (bicyclic) bond motifs is 1. The summed E-state index contributed by atoms with van der Waals surface area (Å²) in [5.41, 5.74) is 3.56. The Morgan fingerprint density at radius 2 is 2.00 bits per heavy atom. The molecular formula is C9H8O. The molecule has 2 rings (SSSR count). The summed E-state index contributed by atoms with van der Waals surface area (Å²) < 4.78 is 0. The van der Waals surface area contributed by atoms with Gasteiger partial charge in [-0.05, 0) is 30.0 Å². The Hall–Kier alpha value is -1.11. The van der Waals surface area contributed by atoms with Crippen LogP contribution in [-0.4, -0.2) is 6.29 Å². The van der Waals surface area contributed by atoms with Crippen molar-refractivity contribution in [3.05, 3.63) is 34.9 Å². The quantitative estimate of drug-likeness (QED) is 0.530. The molecule has 0 spiro atoms. The Bertz CT molecular complexity index is 276. The maximum absolute atomic E-state index is 10.3. The zero-order valence-corrected chi connectivity index (χ0v) is 5.63. The zero-order valence-electron chi connectivity index (χ0n) is 5.63. The molecule has 1 aromatic carbocycles. The van der Waals surface area contributed by atoms with Gasteiger partial charge < -0.3 is 0 Å². The van der Waals surface area contributed by atoms with Crippen molar-refractivity contribution in [1.29, 1.82) is 0 Å². The van der Waals surface area contributed by atoms with E-state index in [1.165, 1.54) is 17.5 Å². The lowest BCUT2D eigenvalue weighted by Crippen LogP contribution is -2.07. The van der Waals surface area contributed by atoms with Crippen molar-refractivity contribution in [2.75, 3.05) is 0 Å². The molecule has 0 N–H and O–H groups in total. The van der Waals surface area contributed by atoms with Gasteiger partial charge in [0, 0.05) is 5.56 Å². The summed E-state index contributed by atoms with van der Waals surface area (Å²) in [5.74, 6) is 0. The summed E-state index contributed by atoms with van der Waals surface area (Å²) >= 11 is 0. The number of aryl methyl sites for hydroxylation is 2.